The molecule has 0 unspecified atom stereocenters. The van der Waals surface area contributed by atoms with Crippen molar-refractivity contribution < 1.29 is 9.63 Å². The van der Waals surface area contributed by atoms with E-state index in [1.807, 2.05) is 12.1 Å². The second kappa shape index (κ2) is 10.1. The maximum Gasteiger partial charge on any atom is 0.223 e. The van der Waals surface area contributed by atoms with E-state index in [1.165, 1.54) is 32.1 Å². The molecule has 2 aliphatic rings. The van der Waals surface area contributed by atoms with Gasteiger partial charge in [-0.1, -0.05) is 18.0 Å². The Bertz CT molecular complexity index is 620. The Hall–Kier alpha value is -2.31. The van der Waals surface area contributed by atoms with Gasteiger partial charge in [0.05, 0.1) is 0 Å². The number of nitrogens with one attached hydrogen (secondary N) is 1. The number of nitrogens with zero attached hydrogens (tertiary/aromatic N) is 3. The van der Waals surface area contributed by atoms with Crippen LogP contribution in [0.3, 0.4) is 0 Å². The van der Waals surface area contributed by atoms with Gasteiger partial charge in [-0.3, -0.25) is 4.79 Å². The predicted octanol–water partition coefficient (Wildman–Crippen LogP) is 2.41. The second-order valence-electron chi connectivity index (χ2n) is 7.39. The molecule has 1 aliphatic carbocycles. The van der Waals surface area contributed by atoms with Gasteiger partial charge in [0.25, 0.3) is 0 Å². The number of carbonyl (C=O) groups is 1. The molecule has 2 heterocycles. The third-order valence-electron chi connectivity index (χ3n) is 5.32. The molecule has 3 rings (SSSR count). The van der Waals surface area contributed by atoms with Crippen LogP contribution >= 0.6 is 0 Å². The first-order valence-corrected chi connectivity index (χ1v) is 10.2. The van der Waals surface area contributed by atoms with Crippen molar-refractivity contribution in [2.45, 2.75) is 51.4 Å². The lowest BCUT2D eigenvalue weighted by molar-refractivity contribution is -0.124. The van der Waals surface area contributed by atoms with Crippen molar-refractivity contribution in [3.05, 3.63) is 23.9 Å². The predicted molar refractivity (Wildman–Crippen MR) is 107 cm³/mol. The monoisotopic (exact) mass is 373 g/mol. The SMILES string of the molecule is NC(=NOCCCNC(=O)C1CCCC1)c1ccc(N2CCCCC2)nc1. The van der Waals surface area contributed by atoms with Gasteiger partial charge in [0.1, 0.15) is 12.4 Å². The number of piperidine rings is 1. The smallest absolute Gasteiger partial charge is 0.223 e. The van der Waals surface area contributed by atoms with Crippen molar-refractivity contribution in [1.82, 2.24) is 10.3 Å². The molecule has 0 bridgehead atoms. The standard InChI is InChI=1S/C20H31N5O2/c21-19(17-9-10-18(23-15-17)25-12-4-1-5-13-25)24-27-14-6-11-22-20(26)16-7-2-3-8-16/h9-10,15-16H,1-8,11-14H2,(H2,21,24)(H,22,26). The quantitative estimate of drug-likeness (QED) is 0.316. The Kier molecular flexibility index (Phi) is 7.30. The molecule has 0 radical (unpaired) electrons. The van der Waals surface area contributed by atoms with Crippen molar-refractivity contribution in [1.29, 1.82) is 0 Å². The van der Waals surface area contributed by atoms with E-state index in [9.17, 15) is 4.79 Å². The highest BCUT2D eigenvalue weighted by Crippen LogP contribution is 2.24. The molecule has 1 saturated heterocycles. The van der Waals surface area contributed by atoms with Crippen LogP contribution in [0.4, 0.5) is 5.82 Å². The van der Waals surface area contributed by atoms with Crippen molar-refractivity contribution in [2.24, 2.45) is 16.8 Å². The zero-order chi connectivity index (χ0) is 18.9. The highest BCUT2D eigenvalue weighted by Gasteiger charge is 2.21. The van der Waals surface area contributed by atoms with Gasteiger partial charge in [0.15, 0.2) is 5.84 Å². The highest BCUT2D eigenvalue weighted by atomic mass is 16.6. The van der Waals surface area contributed by atoms with Gasteiger partial charge in [0.2, 0.25) is 5.91 Å². The molecular formula is C20H31N5O2. The molecule has 1 saturated carbocycles. The van der Waals surface area contributed by atoms with E-state index in [4.69, 9.17) is 10.6 Å². The molecule has 1 aromatic heterocycles. The average molecular weight is 374 g/mol. The number of amides is 1. The molecule has 1 aliphatic heterocycles. The summed E-state index contributed by atoms with van der Waals surface area (Å²) in [5, 5.41) is 6.93. The highest BCUT2D eigenvalue weighted by molar-refractivity contribution is 5.96. The molecule has 7 nitrogen and oxygen atoms in total. The minimum atomic E-state index is 0.176. The third kappa shape index (κ3) is 5.84. The number of pyridine rings is 1. The summed E-state index contributed by atoms with van der Waals surface area (Å²) in [6, 6.07) is 3.92. The minimum absolute atomic E-state index is 0.176. The fourth-order valence-electron chi connectivity index (χ4n) is 3.70. The Morgan fingerprint density at radius 1 is 1.22 bits per heavy atom. The Labute approximate surface area is 161 Å². The summed E-state index contributed by atoms with van der Waals surface area (Å²) in [6.07, 6.45) is 10.6. The minimum Gasteiger partial charge on any atom is -0.394 e. The maximum atomic E-state index is 11.9. The Morgan fingerprint density at radius 3 is 2.70 bits per heavy atom. The molecule has 0 spiro atoms. The number of anilines is 1. The van der Waals surface area contributed by atoms with E-state index in [-0.39, 0.29) is 11.8 Å². The molecule has 2 fully saturated rings. The molecule has 27 heavy (non-hydrogen) atoms. The number of aromatic nitrogens is 1. The molecule has 1 amide bonds. The van der Waals surface area contributed by atoms with Crippen LogP contribution in [0.25, 0.3) is 0 Å². The van der Waals surface area contributed by atoms with Crippen LogP contribution in [-0.4, -0.2) is 43.0 Å². The van der Waals surface area contributed by atoms with Crippen LogP contribution < -0.4 is 16.0 Å². The number of amidine groups is 1. The van der Waals surface area contributed by atoms with Gasteiger partial charge < -0.3 is 20.8 Å². The average Bonchev–Trinajstić information content (AvgIpc) is 3.26. The van der Waals surface area contributed by atoms with Crippen molar-refractivity contribution in [2.75, 3.05) is 31.1 Å². The van der Waals surface area contributed by atoms with E-state index in [0.717, 1.165) is 37.3 Å². The number of hydrogen-bond acceptors (Lipinski definition) is 5. The van der Waals surface area contributed by atoms with E-state index < -0.39 is 0 Å². The molecular weight excluding hydrogens is 342 g/mol. The zero-order valence-electron chi connectivity index (χ0n) is 16.0. The first-order valence-electron chi connectivity index (χ1n) is 10.2. The van der Waals surface area contributed by atoms with Crippen LogP contribution in [0.1, 0.15) is 56.9 Å². The number of oxime groups is 1. The number of nitrogens with two attached hydrogens (primary N) is 1. The lowest BCUT2D eigenvalue weighted by Gasteiger charge is -2.27. The third-order valence-corrected chi connectivity index (χ3v) is 5.32. The summed E-state index contributed by atoms with van der Waals surface area (Å²) in [7, 11) is 0. The number of hydrogen-bond donors (Lipinski definition) is 2. The molecule has 0 atom stereocenters. The Morgan fingerprint density at radius 2 is 2.00 bits per heavy atom. The van der Waals surface area contributed by atoms with Crippen molar-refractivity contribution in [3.63, 3.8) is 0 Å². The molecule has 7 heteroatoms. The summed E-state index contributed by atoms with van der Waals surface area (Å²) in [5.41, 5.74) is 6.73. The van der Waals surface area contributed by atoms with Crippen molar-refractivity contribution >= 4 is 17.6 Å². The van der Waals surface area contributed by atoms with Gasteiger partial charge in [-0.05, 0) is 44.2 Å². The van der Waals surface area contributed by atoms with Gasteiger partial charge in [-0.25, -0.2) is 4.98 Å². The first kappa shape index (κ1) is 19.5. The first-order chi connectivity index (χ1) is 13.2. The van der Waals surface area contributed by atoms with Gasteiger partial charge in [-0.15, -0.1) is 0 Å². The van der Waals surface area contributed by atoms with E-state index >= 15 is 0 Å². The maximum absolute atomic E-state index is 11.9. The van der Waals surface area contributed by atoms with Gasteiger partial charge in [-0.2, -0.15) is 0 Å². The zero-order valence-corrected chi connectivity index (χ0v) is 16.0. The van der Waals surface area contributed by atoms with E-state index in [0.29, 0.717) is 25.4 Å². The largest absolute Gasteiger partial charge is 0.394 e. The van der Waals surface area contributed by atoms with E-state index in [1.54, 1.807) is 6.20 Å². The summed E-state index contributed by atoms with van der Waals surface area (Å²) in [4.78, 5) is 24.0. The number of carbonyl (C=O) groups excluding carboxylic acids is 1. The number of rotatable bonds is 8. The molecule has 1 aromatic rings. The summed E-state index contributed by atoms with van der Waals surface area (Å²) in [5.74, 6) is 1.70. The topological polar surface area (TPSA) is 92.8 Å². The summed E-state index contributed by atoms with van der Waals surface area (Å²) in [6.45, 7) is 3.16. The van der Waals surface area contributed by atoms with Crippen molar-refractivity contribution in [3.8, 4) is 0 Å². The fourth-order valence-corrected chi connectivity index (χ4v) is 3.70. The molecule has 3 N–H and O–H groups in total. The molecule has 148 valence electrons. The van der Waals surface area contributed by atoms with E-state index in [2.05, 4.69) is 20.4 Å². The lowest BCUT2D eigenvalue weighted by Crippen LogP contribution is -2.30. The summed E-state index contributed by atoms with van der Waals surface area (Å²) < 4.78 is 0. The van der Waals surface area contributed by atoms with Crippen LogP contribution in [0.2, 0.25) is 0 Å². The normalized spacial score (nSPS) is 18.5. The fraction of sp³-hybridized carbons (Fsp3) is 0.650. The summed E-state index contributed by atoms with van der Waals surface area (Å²) >= 11 is 0. The molecule has 0 aromatic carbocycles. The second-order valence-corrected chi connectivity index (χ2v) is 7.39. The lowest BCUT2D eigenvalue weighted by atomic mass is 10.1. The van der Waals surface area contributed by atoms with Crippen LogP contribution in [0, 0.1) is 5.92 Å². The van der Waals surface area contributed by atoms with Crippen LogP contribution in [0.15, 0.2) is 23.5 Å². The van der Waals surface area contributed by atoms with Gasteiger partial charge in [0, 0.05) is 43.7 Å². The van der Waals surface area contributed by atoms with Crippen LogP contribution in [0.5, 0.6) is 0 Å². The van der Waals surface area contributed by atoms with Gasteiger partial charge >= 0.3 is 0 Å². The van der Waals surface area contributed by atoms with Crippen LogP contribution in [-0.2, 0) is 9.63 Å². The Balaban J connectivity index is 1.35.